The van der Waals surface area contributed by atoms with Crippen LogP contribution >= 0.6 is 0 Å². The summed E-state index contributed by atoms with van der Waals surface area (Å²) >= 11 is 0. The van der Waals surface area contributed by atoms with E-state index in [1.54, 1.807) is 0 Å². The number of nitrogens with one attached hydrogen (secondary N) is 2. The maximum Gasteiger partial charge on any atom is 0.252 e. The lowest BCUT2D eigenvalue weighted by atomic mass is 10.1. The Bertz CT molecular complexity index is 516. The van der Waals surface area contributed by atoms with Crippen molar-refractivity contribution in [2.45, 2.75) is 0 Å². The number of aromatic nitrogens is 1. The molecular formula is C13H17N3O. The Kier molecular flexibility index (Phi) is 3.44. The van der Waals surface area contributed by atoms with E-state index in [9.17, 15) is 4.79 Å². The molecule has 0 aliphatic rings. The van der Waals surface area contributed by atoms with Crippen LogP contribution in [0.15, 0.2) is 30.5 Å². The molecule has 90 valence electrons. The van der Waals surface area contributed by atoms with E-state index in [-0.39, 0.29) is 5.91 Å². The number of rotatable bonds is 4. The summed E-state index contributed by atoms with van der Waals surface area (Å²) in [5, 5.41) is 3.89. The highest BCUT2D eigenvalue weighted by Gasteiger charge is 2.09. The van der Waals surface area contributed by atoms with Crippen LogP contribution in [0.3, 0.4) is 0 Å². The number of benzene rings is 1. The van der Waals surface area contributed by atoms with Crippen molar-refractivity contribution in [2.75, 3.05) is 27.2 Å². The highest BCUT2D eigenvalue weighted by atomic mass is 16.1. The zero-order valence-corrected chi connectivity index (χ0v) is 10.2. The number of amides is 1. The summed E-state index contributed by atoms with van der Waals surface area (Å²) in [6.07, 6.45) is 1.85. The molecule has 0 saturated heterocycles. The van der Waals surface area contributed by atoms with Crippen LogP contribution in [-0.4, -0.2) is 43.0 Å². The fourth-order valence-corrected chi connectivity index (χ4v) is 1.77. The van der Waals surface area contributed by atoms with Crippen LogP contribution in [0.5, 0.6) is 0 Å². The van der Waals surface area contributed by atoms with Gasteiger partial charge in [-0.3, -0.25) is 4.79 Å². The zero-order valence-electron chi connectivity index (χ0n) is 10.2. The van der Waals surface area contributed by atoms with Crippen LogP contribution in [0.2, 0.25) is 0 Å². The summed E-state index contributed by atoms with van der Waals surface area (Å²) in [6, 6.07) is 7.63. The van der Waals surface area contributed by atoms with Gasteiger partial charge in [-0.15, -0.1) is 0 Å². The maximum absolute atomic E-state index is 12.0. The highest BCUT2D eigenvalue weighted by molar-refractivity contribution is 6.06. The Morgan fingerprint density at radius 2 is 2.18 bits per heavy atom. The molecule has 0 aliphatic carbocycles. The minimum atomic E-state index is -0.0166. The third-order valence-corrected chi connectivity index (χ3v) is 2.68. The molecule has 0 aliphatic heterocycles. The first-order valence-electron chi connectivity index (χ1n) is 5.67. The standard InChI is InChI=1S/C13H17N3O/c1-16(2)9-8-15-13(17)11-4-3-5-12-10(11)6-7-14-12/h3-7,14H,8-9H2,1-2H3,(H,15,17). The van der Waals surface area contributed by atoms with Gasteiger partial charge in [0.2, 0.25) is 0 Å². The summed E-state index contributed by atoms with van der Waals surface area (Å²) < 4.78 is 0. The van der Waals surface area contributed by atoms with Gasteiger partial charge in [-0.1, -0.05) is 6.07 Å². The van der Waals surface area contributed by atoms with Crippen LogP contribution in [0.4, 0.5) is 0 Å². The topological polar surface area (TPSA) is 48.1 Å². The van der Waals surface area contributed by atoms with Crippen LogP contribution in [-0.2, 0) is 0 Å². The quantitative estimate of drug-likeness (QED) is 0.837. The zero-order chi connectivity index (χ0) is 12.3. The minimum Gasteiger partial charge on any atom is -0.361 e. The van der Waals surface area contributed by atoms with Gasteiger partial charge in [0.15, 0.2) is 0 Å². The first-order valence-corrected chi connectivity index (χ1v) is 5.67. The van der Waals surface area contributed by atoms with E-state index in [1.807, 2.05) is 49.5 Å². The van der Waals surface area contributed by atoms with Gasteiger partial charge >= 0.3 is 0 Å². The molecule has 2 rings (SSSR count). The molecule has 0 atom stereocenters. The van der Waals surface area contributed by atoms with E-state index in [1.165, 1.54) is 0 Å². The van der Waals surface area contributed by atoms with Crippen molar-refractivity contribution in [3.8, 4) is 0 Å². The molecule has 1 amide bonds. The lowest BCUT2D eigenvalue weighted by Crippen LogP contribution is -2.31. The normalized spacial score (nSPS) is 11.0. The number of H-pyrrole nitrogens is 1. The number of nitrogens with zero attached hydrogens (tertiary/aromatic N) is 1. The molecule has 0 bridgehead atoms. The molecule has 0 saturated carbocycles. The summed E-state index contributed by atoms with van der Waals surface area (Å²) in [7, 11) is 3.97. The average molecular weight is 231 g/mol. The molecule has 0 unspecified atom stereocenters. The van der Waals surface area contributed by atoms with Crippen molar-refractivity contribution >= 4 is 16.8 Å². The molecule has 2 N–H and O–H groups in total. The highest BCUT2D eigenvalue weighted by Crippen LogP contribution is 2.16. The second-order valence-electron chi connectivity index (χ2n) is 4.30. The van der Waals surface area contributed by atoms with E-state index in [2.05, 4.69) is 10.3 Å². The van der Waals surface area contributed by atoms with Crippen LogP contribution in [0, 0.1) is 0 Å². The monoisotopic (exact) mass is 231 g/mol. The number of carbonyl (C=O) groups excluding carboxylic acids is 1. The average Bonchev–Trinajstić information content (AvgIpc) is 2.75. The van der Waals surface area contributed by atoms with E-state index in [0.717, 1.165) is 23.0 Å². The van der Waals surface area contributed by atoms with Crippen molar-refractivity contribution in [1.29, 1.82) is 0 Å². The first-order chi connectivity index (χ1) is 8.18. The molecule has 1 heterocycles. The van der Waals surface area contributed by atoms with Crippen molar-refractivity contribution in [3.05, 3.63) is 36.0 Å². The largest absolute Gasteiger partial charge is 0.361 e. The van der Waals surface area contributed by atoms with Crippen molar-refractivity contribution in [1.82, 2.24) is 15.2 Å². The number of hydrogen-bond donors (Lipinski definition) is 2. The lowest BCUT2D eigenvalue weighted by molar-refractivity contribution is 0.0952. The van der Waals surface area contributed by atoms with Crippen molar-refractivity contribution in [2.24, 2.45) is 0 Å². The predicted molar refractivity (Wildman–Crippen MR) is 69.2 cm³/mol. The molecule has 4 heteroatoms. The SMILES string of the molecule is CN(C)CCNC(=O)c1cccc2[nH]ccc12. The van der Waals surface area contributed by atoms with Gasteiger partial charge in [-0.2, -0.15) is 0 Å². The lowest BCUT2D eigenvalue weighted by Gasteiger charge is -2.10. The van der Waals surface area contributed by atoms with Crippen LogP contribution < -0.4 is 5.32 Å². The van der Waals surface area contributed by atoms with E-state index in [4.69, 9.17) is 0 Å². The van der Waals surface area contributed by atoms with Crippen LogP contribution in [0.25, 0.3) is 10.9 Å². The number of fused-ring (bicyclic) bond motifs is 1. The number of likely N-dealkylation sites (N-methyl/N-ethyl adjacent to an activating group) is 1. The van der Waals surface area contributed by atoms with Gasteiger partial charge in [0.1, 0.15) is 0 Å². The summed E-state index contributed by atoms with van der Waals surface area (Å²) in [5.41, 5.74) is 1.72. The maximum atomic E-state index is 12.0. The minimum absolute atomic E-state index is 0.0166. The van der Waals surface area contributed by atoms with Crippen LogP contribution in [0.1, 0.15) is 10.4 Å². The summed E-state index contributed by atoms with van der Waals surface area (Å²) in [5.74, 6) is -0.0166. The Morgan fingerprint density at radius 1 is 1.35 bits per heavy atom. The predicted octanol–water partition coefficient (Wildman–Crippen LogP) is 1.46. The molecule has 2 aromatic rings. The molecule has 0 radical (unpaired) electrons. The van der Waals surface area contributed by atoms with E-state index < -0.39 is 0 Å². The van der Waals surface area contributed by atoms with Crippen molar-refractivity contribution in [3.63, 3.8) is 0 Å². The Morgan fingerprint density at radius 3 is 2.94 bits per heavy atom. The molecule has 1 aromatic carbocycles. The Balaban J connectivity index is 2.11. The summed E-state index contributed by atoms with van der Waals surface area (Å²) in [6.45, 7) is 1.50. The Labute approximate surface area is 101 Å². The molecule has 17 heavy (non-hydrogen) atoms. The second kappa shape index (κ2) is 5.01. The fourth-order valence-electron chi connectivity index (χ4n) is 1.77. The first kappa shape index (κ1) is 11.7. The molecule has 0 spiro atoms. The Hall–Kier alpha value is -1.81. The number of hydrogen-bond acceptors (Lipinski definition) is 2. The molecule has 0 fully saturated rings. The third-order valence-electron chi connectivity index (χ3n) is 2.68. The van der Waals surface area contributed by atoms with E-state index in [0.29, 0.717) is 6.54 Å². The van der Waals surface area contributed by atoms with Gasteiger partial charge in [0.05, 0.1) is 0 Å². The second-order valence-corrected chi connectivity index (χ2v) is 4.30. The number of carbonyl (C=O) groups is 1. The van der Waals surface area contributed by atoms with Gasteiger partial charge < -0.3 is 15.2 Å². The molecule has 1 aromatic heterocycles. The third kappa shape index (κ3) is 2.65. The van der Waals surface area contributed by atoms with E-state index >= 15 is 0 Å². The molecule has 4 nitrogen and oxygen atoms in total. The smallest absolute Gasteiger partial charge is 0.252 e. The number of aromatic amines is 1. The van der Waals surface area contributed by atoms with Gasteiger partial charge in [-0.25, -0.2) is 0 Å². The van der Waals surface area contributed by atoms with Gasteiger partial charge in [0, 0.05) is 35.8 Å². The summed E-state index contributed by atoms with van der Waals surface area (Å²) in [4.78, 5) is 17.1. The van der Waals surface area contributed by atoms with Gasteiger partial charge in [0.25, 0.3) is 5.91 Å². The molecular weight excluding hydrogens is 214 g/mol. The fraction of sp³-hybridized carbons (Fsp3) is 0.308. The van der Waals surface area contributed by atoms with Crippen molar-refractivity contribution < 1.29 is 4.79 Å². The van der Waals surface area contributed by atoms with Gasteiger partial charge in [-0.05, 0) is 32.3 Å².